The third-order valence-corrected chi connectivity index (χ3v) is 2.01. The Morgan fingerprint density at radius 1 is 1.62 bits per heavy atom. The largest absolute Gasteiger partial charge is 0.507 e. The minimum atomic E-state index is -0.459. The van der Waals surface area contributed by atoms with Gasteiger partial charge >= 0.3 is 0 Å². The summed E-state index contributed by atoms with van der Waals surface area (Å²) in [5.74, 6) is -0.523. The van der Waals surface area contributed by atoms with Crippen molar-refractivity contribution in [1.82, 2.24) is 0 Å². The van der Waals surface area contributed by atoms with E-state index in [1.807, 2.05) is 0 Å². The molecule has 13 heavy (non-hydrogen) atoms. The van der Waals surface area contributed by atoms with Crippen LogP contribution >= 0.6 is 0 Å². The number of aromatic hydroxyl groups is 1. The SMILES string of the molecule is C=C[C@@H](N)c1ccc(F)c(C)c1O. The molecule has 1 aromatic rings. The number of phenolic OH excluding ortho intramolecular Hbond substituents is 1. The highest BCUT2D eigenvalue weighted by atomic mass is 19.1. The molecule has 3 heteroatoms. The van der Waals surface area contributed by atoms with Crippen LogP contribution in [-0.2, 0) is 0 Å². The van der Waals surface area contributed by atoms with Gasteiger partial charge in [0.2, 0.25) is 0 Å². The molecule has 0 heterocycles. The average molecular weight is 181 g/mol. The van der Waals surface area contributed by atoms with Gasteiger partial charge in [0.05, 0.1) is 6.04 Å². The van der Waals surface area contributed by atoms with Crippen molar-refractivity contribution in [3.63, 3.8) is 0 Å². The van der Waals surface area contributed by atoms with E-state index in [0.29, 0.717) is 5.56 Å². The van der Waals surface area contributed by atoms with Crippen molar-refractivity contribution >= 4 is 0 Å². The van der Waals surface area contributed by atoms with E-state index >= 15 is 0 Å². The van der Waals surface area contributed by atoms with Crippen molar-refractivity contribution in [3.05, 3.63) is 41.7 Å². The second-order valence-corrected chi connectivity index (χ2v) is 2.87. The first-order valence-electron chi connectivity index (χ1n) is 3.94. The first kappa shape index (κ1) is 9.74. The van der Waals surface area contributed by atoms with Gasteiger partial charge in [-0.2, -0.15) is 0 Å². The first-order chi connectivity index (χ1) is 6.07. The van der Waals surface area contributed by atoms with Crippen LogP contribution < -0.4 is 5.73 Å². The van der Waals surface area contributed by atoms with E-state index in [-0.39, 0.29) is 11.3 Å². The Kier molecular flexibility index (Phi) is 2.68. The number of nitrogens with two attached hydrogens (primary N) is 1. The lowest BCUT2D eigenvalue weighted by molar-refractivity contribution is 0.453. The minimum Gasteiger partial charge on any atom is -0.507 e. The summed E-state index contributed by atoms with van der Waals surface area (Å²) in [5, 5.41) is 9.51. The summed E-state index contributed by atoms with van der Waals surface area (Å²) < 4.78 is 12.9. The number of rotatable bonds is 2. The molecule has 0 aliphatic carbocycles. The zero-order valence-corrected chi connectivity index (χ0v) is 7.42. The Balaban J connectivity index is 3.25. The topological polar surface area (TPSA) is 46.2 Å². The summed E-state index contributed by atoms with van der Waals surface area (Å²) in [4.78, 5) is 0. The molecule has 2 nitrogen and oxygen atoms in total. The maximum Gasteiger partial charge on any atom is 0.129 e. The van der Waals surface area contributed by atoms with E-state index in [4.69, 9.17) is 5.73 Å². The van der Waals surface area contributed by atoms with Crippen molar-refractivity contribution in [2.45, 2.75) is 13.0 Å². The van der Waals surface area contributed by atoms with Crippen LogP contribution in [0.15, 0.2) is 24.8 Å². The van der Waals surface area contributed by atoms with Crippen molar-refractivity contribution < 1.29 is 9.50 Å². The van der Waals surface area contributed by atoms with Crippen LogP contribution in [0.4, 0.5) is 4.39 Å². The first-order valence-corrected chi connectivity index (χ1v) is 3.94. The third-order valence-electron chi connectivity index (χ3n) is 2.01. The molecule has 0 bridgehead atoms. The van der Waals surface area contributed by atoms with Crippen LogP contribution in [0, 0.1) is 12.7 Å². The van der Waals surface area contributed by atoms with Gasteiger partial charge in [-0.1, -0.05) is 12.1 Å². The molecule has 1 atom stereocenters. The molecule has 1 rings (SSSR count). The number of hydrogen-bond donors (Lipinski definition) is 2. The molecular formula is C10H12FNO. The zero-order valence-electron chi connectivity index (χ0n) is 7.42. The van der Waals surface area contributed by atoms with Crippen LogP contribution in [0.25, 0.3) is 0 Å². The maximum atomic E-state index is 12.9. The fourth-order valence-electron chi connectivity index (χ4n) is 1.09. The van der Waals surface area contributed by atoms with Crippen molar-refractivity contribution in [2.24, 2.45) is 5.73 Å². The molecule has 0 radical (unpaired) electrons. The quantitative estimate of drug-likeness (QED) is 0.686. The summed E-state index contributed by atoms with van der Waals surface area (Å²) in [6.07, 6.45) is 1.49. The standard InChI is InChI=1S/C10H12FNO/c1-3-9(12)7-4-5-8(11)6(2)10(7)13/h3-5,9,13H,1,12H2,2H3/t9-/m1/s1. The Morgan fingerprint density at radius 3 is 2.77 bits per heavy atom. The van der Waals surface area contributed by atoms with E-state index in [2.05, 4.69) is 6.58 Å². The maximum absolute atomic E-state index is 12.9. The van der Waals surface area contributed by atoms with Crippen LogP contribution in [0.2, 0.25) is 0 Å². The molecule has 0 unspecified atom stereocenters. The van der Waals surface area contributed by atoms with Crippen LogP contribution in [-0.4, -0.2) is 5.11 Å². The van der Waals surface area contributed by atoms with Gasteiger partial charge in [0, 0.05) is 11.1 Å². The van der Waals surface area contributed by atoms with E-state index in [1.54, 1.807) is 0 Å². The van der Waals surface area contributed by atoms with Gasteiger partial charge < -0.3 is 10.8 Å². The molecule has 3 N–H and O–H groups in total. The summed E-state index contributed by atoms with van der Waals surface area (Å²) in [6, 6.07) is 2.29. The second-order valence-electron chi connectivity index (χ2n) is 2.87. The van der Waals surface area contributed by atoms with Gasteiger partial charge in [-0.25, -0.2) is 4.39 Å². The summed E-state index contributed by atoms with van der Waals surface area (Å²) in [6.45, 7) is 5.00. The highest BCUT2D eigenvalue weighted by Crippen LogP contribution is 2.28. The lowest BCUT2D eigenvalue weighted by atomic mass is 10.0. The van der Waals surface area contributed by atoms with E-state index in [9.17, 15) is 9.50 Å². The van der Waals surface area contributed by atoms with Crippen molar-refractivity contribution in [2.75, 3.05) is 0 Å². The van der Waals surface area contributed by atoms with Gasteiger partial charge in [0.25, 0.3) is 0 Å². The monoisotopic (exact) mass is 181 g/mol. The average Bonchev–Trinajstić information content (AvgIpc) is 2.13. The second kappa shape index (κ2) is 3.58. The lowest BCUT2D eigenvalue weighted by Gasteiger charge is -2.11. The number of hydrogen-bond acceptors (Lipinski definition) is 2. The Hall–Kier alpha value is -1.35. The number of halogens is 1. The highest BCUT2D eigenvalue weighted by Gasteiger charge is 2.12. The Morgan fingerprint density at radius 2 is 2.23 bits per heavy atom. The zero-order chi connectivity index (χ0) is 10.0. The smallest absolute Gasteiger partial charge is 0.129 e. The molecule has 70 valence electrons. The van der Waals surface area contributed by atoms with E-state index in [1.165, 1.54) is 25.1 Å². The summed E-state index contributed by atoms with van der Waals surface area (Å²) in [7, 11) is 0. The fourth-order valence-corrected chi connectivity index (χ4v) is 1.09. The van der Waals surface area contributed by atoms with Gasteiger partial charge in [-0.15, -0.1) is 6.58 Å². The molecule has 0 amide bonds. The normalized spacial score (nSPS) is 12.5. The predicted octanol–water partition coefficient (Wildman–Crippen LogP) is 2.03. The predicted molar refractivity (Wildman–Crippen MR) is 49.9 cm³/mol. The molecule has 0 spiro atoms. The van der Waals surface area contributed by atoms with Gasteiger partial charge in [0.1, 0.15) is 11.6 Å². The summed E-state index contributed by atoms with van der Waals surface area (Å²) >= 11 is 0. The van der Waals surface area contributed by atoms with Gasteiger partial charge in [0.15, 0.2) is 0 Å². The van der Waals surface area contributed by atoms with Crippen molar-refractivity contribution in [3.8, 4) is 5.75 Å². The Labute approximate surface area is 76.5 Å². The number of benzene rings is 1. The molecule has 0 saturated carbocycles. The van der Waals surface area contributed by atoms with E-state index < -0.39 is 11.9 Å². The van der Waals surface area contributed by atoms with Crippen LogP contribution in [0.3, 0.4) is 0 Å². The number of phenols is 1. The van der Waals surface area contributed by atoms with Crippen LogP contribution in [0.1, 0.15) is 17.2 Å². The lowest BCUT2D eigenvalue weighted by Crippen LogP contribution is -2.07. The Bertz CT molecular complexity index is 336. The van der Waals surface area contributed by atoms with Crippen LogP contribution in [0.5, 0.6) is 5.75 Å². The summed E-state index contributed by atoms with van der Waals surface area (Å²) in [5.41, 5.74) is 6.33. The molecule has 0 saturated heterocycles. The molecule has 0 aromatic heterocycles. The molecular weight excluding hydrogens is 169 g/mol. The molecule has 0 fully saturated rings. The molecule has 0 aliphatic rings. The highest BCUT2D eigenvalue weighted by molar-refractivity contribution is 5.43. The minimum absolute atomic E-state index is 0.0904. The fraction of sp³-hybridized carbons (Fsp3) is 0.200. The van der Waals surface area contributed by atoms with Gasteiger partial charge in [-0.05, 0) is 13.0 Å². The van der Waals surface area contributed by atoms with Crippen molar-refractivity contribution in [1.29, 1.82) is 0 Å². The van der Waals surface area contributed by atoms with E-state index in [0.717, 1.165) is 0 Å². The molecule has 1 aromatic carbocycles. The van der Waals surface area contributed by atoms with Gasteiger partial charge in [-0.3, -0.25) is 0 Å². The molecule has 0 aliphatic heterocycles. The third kappa shape index (κ3) is 1.70.